The summed E-state index contributed by atoms with van der Waals surface area (Å²) in [6, 6.07) is 15.9. The van der Waals surface area contributed by atoms with Crippen LogP contribution in [0.4, 0.5) is 5.69 Å². The third-order valence-electron chi connectivity index (χ3n) is 4.40. The van der Waals surface area contributed by atoms with Gasteiger partial charge in [0.05, 0.1) is 17.6 Å². The summed E-state index contributed by atoms with van der Waals surface area (Å²) in [4.78, 5) is 25.3. The molecule has 2 aromatic carbocycles. The monoisotopic (exact) mass is 340 g/mol. The molecule has 2 aromatic rings. The molecule has 1 atom stereocenters. The van der Waals surface area contributed by atoms with Crippen LogP contribution in [0.3, 0.4) is 0 Å². The number of nitro groups is 1. The first-order valence-electron chi connectivity index (χ1n) is 8.32. The van der Waals surface area contributed by atoms with E-state index in [4.69, 9.17) is 4.74 Å². The van der Waals surface area contributed by atoms with E-state index in [1.165, 1.54) is 12.1 Å². The lowest BCUT2D eigenvalue weighted by molar-refractivity contribution is -0.384. The van der Waals surface area contributed by atoms with Crippen LogP contribution in [0.5, 0.6) is 0 Å². The van der Waals surface area contributed by atoms with Crippen LogP contribution < -0.4 is 0 Å². The van der Waals surface area contributed by atoms with Gasteiger partial charge in [-0.2, -0.15) is 0 Å². The quantitative estimate of drug-likeness (QED) is 0.598. The highest BCUT2D eigenvalue weighted by molar-refractivity contribution is 5.95. The highest BCUT2D eigenvalue weighted by atomic mass is 16.6. The maximum Gasteiger partial charge on any atom is 0.270 e. The first kappa shape index (κ1) is 17.1. The second-order valence-electron chi connectivity index (χ2n) is 6.06. The number of nitro benzene ring substituents is 1. The predicted octanol–water partition coefficient (Wildman–Crippen LogP) is 3.07. The van der Waals surface area contributed by atoms with Crippen LogP contribution in [0.1, 0.15) is 22.3 Å². The van der Waals surface area contributed by atoms with Crippen LogP contribution in [-0.2, 0) is 11.2 Å². The molecule has 1 saturated heterocycles. The minimum atomic E-state index is -0.482. The summed E-state index contributed by atoms with van der Waals surface area (Å²) in [5, 5.41) is 11.0. The number of amides is 1. The molecule has 0 spiro atoms. The summed E-state index contributed by atoms with van der Waals surface area (Å²) in [6.07, 6.45) is 1.52. The van der Waals surface area contributed by atoms with Gasteiger partial charge in [-0.3, -0.25) is 14.9 Å². The summed E-state index contributed by atoms with van der Waals surface area (Å²) in [5.74, 6) is -0.185. The molecule has 6 heteroatoms. The van der Waals surface area contributed by atoms with E-state index in [0.29, 0.717) is 25.3 Å². The Bertz CT molecular complexity index is 742. The molecule has 1 unspecified atom stereocenters. The van der Waals surface area contributed by atoms with Gasteiger partial charge in [-0.25, -0.2) is 0 Å². The molecule has 1 aliphatic rings. The van der Waals surface area contributed by atoms with Crippen molar-refractivity contribution in [2.45, 2.75) is 18.9 Å². The zero-order valence-corrected chi connectivity index (χ0v) is 13.8. The van der Waals surface area contributed by atoms with Crippen molar-refractivity contribution in [2.24, 2.45) is 0 Å². The summed E-state index contributed by atoms with van der Waals surface area (Å²) < 4.78 is 5.44. The van der Waals surface area contributed by atoms with Crippen molar-refractivity contribution >= 4 is 11.6 Å². The smallest absolute Gasteiger partial charge is 0.270 e. The lowest BCUT2D eigenvalue weighted by atomic mass is 10.1. The largest absolute Gasteiger partial charge is 0.379 e. The first-order chi connectivity index (χ1) is 12.1. The van der Waals surface area contributed by atoms with Crippen LogP contribution in [0.2, 0.25) is 0 Å². The normalized spacial score (nSPS) is 16.6. The Hall–Kier alpha value is -2.73. The number of carbonyl (C=O) groups is 1. The third-order valence-corrected chi connectivity index (χ3v) is 4.40. The Labute approximate surface area is 146 Å². The SMILES string of the molecule is O=C(c1cccc([N+](=O)[O-])c1)N(CCc1ccccc1)C1CCOC1. The summed E-state index contributed by atoms with van der Waals surface area (Å²) in [5.41, 5.74) is 1.42. The van der Waals surface area contributed by atoms with Crippen LogP contribution in [0.25, 0.3) is 0 Å². The molecule has 1 fully saturated rings. The third kappa shape index (κ3) is 4.22. The van der Waals surface area contributed by atoms with Crippen LogP contribution in [0.15, 0.2) is 54.6 Å². The zero-order valence-electron chi connectivity index (χ0n) is 13.8. The predicted molar refractivity (Wildman–Crippen MR) is 93.5 cm³/mol. The molecule has 0 aliphatic carbocycles. The van der Waals surface area contributed by atoms with E-state index >= 15 is 0 Å². The topological polar surface area (TPSA) is 72.7 Å². The summed E-state index contributed by atoms with van der Waals surface area (Å²) in [6.45, 7) is 1.70. The second-order valence-corrected chi connectivity index (χ2v) is 6.06. The minimum Gasteiger partial charge on any atom is -0.379 e. The maximum absolute atomic E-state index is 13.0. The molecular weight excluding hydrogens is 320 g/mol. The molecule has 0 bridgehead atoms. The van der Waals surface area contributed by atoms with Crippen molar-refractivity contribution in [3.8, 4) is 0 Å². The fraction of sp³-hybridized carbons (Fsp3) is 0.316. The molecule has 0 saturated carbocycles. The summed E-state index contributed by atoms with van der Waals surface area (Å²) >= 11 is 0. The number of hydrogen-bond donors (Lipinski definition) is 0. The van der Waals surface area contributed by atoms with Crippen LogP contribution >= 0.6 is 0 Å². The van der Waals surface area contributed by atoms with Gasteiger partial charge in [0, 0.05) is 30.8 Å². The van der Waals surface area contributed by atoms with E-state index in [1.54, 1.807) is 17.0 Å². The van der Waals surface area contributed by atoms with E-state index in [0.717, 1.165) is 18.4 Å². The minimum absolute atomic E-state index is 0.00970. The highest BCUT2D eigenvalue weighted by Crippen LogP contribution is 2.20. The zero-order chi connectivity index (χ0) is 17.6. The standard InChI is InChI=1S/C19H20N2O4/c22-19(16-7-4-8-17(13-16)21(23)24)20(18-10-12-25-14-18)11-9-15-5-2-1-3-6-15/h1-8,13,18H,9-12,14H2. The molecule has 0 aromatic heterocycles. The van der Waals surface area contributed by atoms with Gasteiger partial charge < -0.3 is 9.64 Å². The average Bonchev–Trinajstić information content (AvgIpc) is 3.17. The van der Waals surface area contributed by atoms with Crippen molar-refractivity contribution < 1.29 is 14.5 Å². The van der Waals surface area contributed by atoms with E-state index in [9.17, 15) is 14.9 Å². The van der Waals surface area contributed by atoms with E-state index in [2.05, 4.69) is 0 Å². The Morgan fingerprint density at radius 2 is 2.00 bits per heavy atom. The fourth-order valence-corrected chi connectivity index (χ4v) is 3.03. The van der Waals surface area contributed by atoms with Gasteiger partial charge in [0.2, 0.25) is 0 Å². The Kier molecular flexibility index (Phi) is 5.40. The van der Waals surface area contributed by atoms with Crippen molar-refractivity contribution in [2.75, 3.05) is 19.8 Å². The molecule has 6 nitrogen and oxygen atoms in total. The second kappa shape index (κ2) is 7.90. The number of hydrogen-bond acceptors (Lipinski definition) is 4. The van der Waals surface area contributed by atoms with Gasteiger partial charge in [0.1, 0.15) is 0 Å². The number of non-ortho nitro benzene ring substituents is 1. The van der Waals surface area contributed by atoms with Crippen LogP contribution in [0, 0.1) is 10.1 Å². The van der Waals surface area contributed by atoms with Gasteiger partial charge in [-0.1, -0.05) is 36.4 Å². The van der Waals surface area contributed by atoms with Gasteiger partial charge >= 0.3 is 0 Å². The van der Waals surface area contributed by atoms with Crippen molar-refractivity contribution in [1.29, 1.82) is 0 Å². The lowest BCUT2D eigenvalue weighted by Gasteiger charge is -2.28. The fourth-order valence-electron chi connectivity index (χ4n) is 3.03. The van der Waals surface area contributed by atoms with Gasteiger partial charge in [0.25, 0.3) is 11.6 Å². The van der Waals surface area contributed by atoms with Crippen LogP contribution in [-0.4, -0.2) is 41.5 Å². The molecule has 1 heterocycles. The molecule has 0 radical (unpaired) electrons. The van der Waals surface area contributed by atoms with Gasteiger partial charge in [-0.15, -0.1) is 0 Å². The molecule has 0 N–H and O–H groups in total. The van der Waals surface area contributed by atoms with Crippen molar-refractivity contribution in [3.05, 3.63) is 75.8 Å². The number of rotatable bonds is 6. The Morgan fingerprint density at radius 1 is 1.20 bits per heavy atom. The Balaban J connectivity index is 1.79. The maximum atomic E-state index is 13.0. The number of nitrogens with zero attached hydrogens (tertiary/aromatic N) is 2. The van der Waals surface area contributed by atoms with Gasteiger partial charge in [-0.05, 0) is 24.5 Å². The molecule has 130 valence electrons. The summed E-state index contributed by atoms with van der Waals surface area (Å²) in [7, 11) is 0. The molecule has 25 heavy (non-hydrogen) atoms. The van der Waals surface area contributed by atoms with Crippen molar-refractivity contribution in [3.63, 3.8) is 0 Å². The molecule has 1 amide bonds. The highest BCUT2D eigenvalue weighted by Gasteiger charge is 2.28. The van der Waals surface area contributed by atoms with E-state index in [-0.39, 0.29) is 17.6 Å². The molecule has 1 aliphatic heterocycles. The first-order valence-corrected chi connectivity index (χ1v) is 8.32. The van der Waals surface area contributed by atoms with E-state index < -0.39 is 4.92 Å². The van der Waals surface area contributed by atoms with Crippen molar-refractivity contribution in [1.82, 2.24) is 4.90 Å². The number of benzene rings is 2. The number of ether oxygens (including phenoxy) is 1. The average molecular weight is 340 g/mol. The van der Waals surface area contributed by atoms with Gasteiger partial charge in [0.15, 0.2) is 0 Å². The Morgan fingerprint density at radius 3 is 2.68 bits per heavy atom. The van der Waals surface area contributed by atoms with E-state index in [1.807, 2.05) is 30.3 Å². The molecule has 3 rings (SSSR count). The molecular formula is C19H20N2O4. The number of carbonyl (C=O) groups excluding carboxylic acids is 1. The lowest BCUT2D eigenvalue weighted by Crippen LogP contribution is -2.42.